The summed E-state index contributed by atoms with van der Waals surface area (Å²) in [5.74, 6) is 0. The Labute approximate surface area is 71.1 Å². The fraction of sp³-hybridized carbons (Fsp3) is 0. The van der Waals surface area contributed by atoms with Crippen LogP contribution in [0.4, 0.5) is 0 Å². The maximum absolute atomic E-state index is 8.00. The summed E-state index contributed by atoms with van der Waals surface area (Å²) in [5.41, 5.74) is 0. The Morgan fingerprint density at radius 2 is 0.800 bits per heavy atom. The minimum Gasteiger partial charge on any atom is -0.444 e. The van der Waals surface area contributed by atoms with Gasteiger partial charge in [0, 0.05) is 21.1 Å². The Morgan fingerprint density at radius 1 is 0.800 bits per heavy atom. The van der Waals surface area contributed by atoms with Gasteiger partial charge in [-0.1, -0.05) is 0 Å². The van der Waals surface area contributed by atoms with Crippen LogP contribution < -0.4 is 18.5 Å². The first-order chi connectivity index (χ1) is 2.83. The van der Waals surface area contributed by atoms with Gasteiger partial charge in [0.15, 0.2) is 0 Å². The van der Waals surface area contributed by atoms with Gasteiger partial charge in [-0.3, -0.25) is 0 Å². The molecule has 0 aromatic heterocycles. The molecule has 0 aromatic rings. The molecule has 9 nitrogen and oxygen atoms in total. The average molecular weight is 338 g/mol. The van der Waals surface area contributed by atoms with Gasteiger partial charge in [0.25, 0.3) is 0 Å². The van der Waals surface area contributed by atoms with Gasteiger partial charge in [-0.25, -0.2) is 0 Å². The standard InChI is InChI=1S/2HNO2.3H3N.Pt/c2*2-1-3;;;;/h2*(H,2,3);3*1H3;/p-2. The van der Waals surface area contributed by atoms with Crippen molar-refractivity contribution in [2.45, 2.75) is 0 Å². The molecule has 10 heteroatoms. The molecule has 0 bridgehead atoms. The Kier molecular flexibility index (Phi) is 1400. The van der Waals surface area contributed by atoms with E-state index < -0.39 is 0 Å². The van der Waals surface area contributed by atoms with Gasteiger partial charge in [0.2, 0.25) is 0 Å². The monoisotopic (exact) mass is 338 g/mol. The van der Waals surface area contributed by atoms with Crippen molar-refractivity contribution < 1.29 is 21.1 Å². The molecule has 0 saturated heterocycles. The predicted octanol–water partition coefficient (Wildman–Crippen LogP) is 0.985. The van der Waals surface area contributed by atoms with Crippen LogP contribution in [0, 0.1) is 20.2 Å². The molecule has 0 saturated carbocycles. The molecule has 0 amide bonds. The summed E-state index contributed by atoms with van der Waals surface area (Å²) in [6.45, 7) is 0. The van der Waals surface area contributed by atoms with Crippen LogP contribution in [0.2, 0.25) is 0 Å². The normalized spacial score (nSPS) is 2.40. The van der Waals surface area contributed by atoms with E-state index in [0.717, 1.165) is 10.7 Å². The molecule has 0 aromatic carbocycles. The molecule has 0 heterocycles. The summed E-state index contributed by atoms with van der Waals surface area (Å²) in [6, 6.07) is 0. The van der Waals surface area contributed by atoms with E-state index >= 15 is 0 Å². The van der Waals surface area contributed by atoms with Crippen molar-refractivity contribution in [2.24, 2.45) is 10.7 Å². The van der Waals surface area contributed by atoms with Crippen molar-refractivity contribution in [1.82, 2.24) is 18.5 Å². The van der Waals surface area contributed by atoms with Crippen LogP contribution in [0.3, 0.4) is 0 Å². The molecular weight excluding hydrogens is 329 g/mol. The molecular formula is H9N5O4Pt-2. The second-order valence-electron chi connectivity index (χ2n) is 0.149. The summed E-state index contributed by atoms with van der Waals surface area (Å²) in [7, 11) is 0. The van der Waals surface area contributed by atoms with Crippen molar-refractivity contribution in [2.75, 3.05) is 0 Å². The van der Waals surface area contributed by atoms with Gasteiger partial charge in [-0.2, -0.15) is 0 Å². The zero-order valence-corrected chi connectivity index (χ0v) is 7.24. The van der Waals surface area contributed by atoms with Gasteiger partial charge in [-0.05, 0) is 0 Å². The molecule has 10 heavy (non-hydrogen) atoms. The Hall–Kier alpha value is -0.632. The summed E-state index contributed by atoms with van der Waals surface area (Å²) in [5, 5.41) is 18.0. The van der Waals surface area contributed by atoms with Crippen molar-refractivity contribution in [3.8, 4) is 0 Å². The Morgan fingerprint density at radius 3 is 0.800 bits per heavy atom. The molecule has 0 aliphatic heterocycles. The molecule has 0 fully saturated rings. The topological polar surface area (TPSA) is 210 Å². The number of rotatable bonds is 0. The maximum atomic E-state index is 8.00. The van der Waals surface area contributed by atoms with E-state index in [2.05, 4.69) is 0 Å². The van der Waals surface area contributed by atoms with Crippen LogP contribution in [-0.2, 0) is 21.1 Å². The fourth-order valence-corrected chi connectivity index (χ4v) is 0. The van der Waals surface area contributed by atoms with E-state index in [1.807, 2.05) is 0 Å². The Bertz CT molecular complexity index is 34.6. The van der Waals surface area contributed by atoms with E-state index in [4.69, 9.17) is 20.2 Å². The second kappa shape index (κ2) is 243. The van der Waals surface area contributed by atoms with Crippen molar-refractivity contribution >= 4 is 0 Å². The summed E-state index contributed by atoms with van der Waals surface area (Å²) < 4.78 is 0. The molecule has 0 aliphatic carbocycles. The average Bonchev–Trinajstić information content (AvgIpc) is 1.39. The number of hydrogen-bond acceptors (Lipinski definition) is 9. The zero-order valence-electron chi connectivity index (χ0n) is 4.96. The third-order valence-electron chi connectivity index (χ3n) is 0. The van der Waals surface area contributed by atoms with Gasteiger partial charge < -0.3 is 38.7 Å². The van der Waals surface area contributed by atoms with Crippen molar-refractivity contribution in [3.63, 3.8) is 0 Å². The first-order valence-corrected chi connectivity index (χ1v) is 0.730. The SMILES string of the molecule is N.N.N.O=N[O-].O=N[O-].[Pt]. The van der Waals surface area contributed by atoms with E-state index in [9.17, 15) is 0 Å². The molecule has 0 radical (unpaired) electrons. The van der Waals surface area contributed by atoms with Crippen LogP contribution in [0.25, 0.3) is 0 Å². The van der Waals surface area contributed by atoms with Gasteiger partial charge >= 0.3 is 0 Å². The van der Waals surface area contributed by atoms with E-state index in [-0.39, 0.29) is 39.5 Å². The molecule has 0 unspecified atom stereocenters. The Balaban J connectivity index is -0.00000000571. The molecule has 0 spiro atoms. The maximum Gasteiger partial charge on any atom is 0 e. The van der Waals surface area contributed by atoms with Crippen LogP contribution in [0.15, 0.2) is 10.7 Å². The van der Waals surface area contributed by atoms with E-state index in [1.165, 1.54) is 0 Å². The van der Waals surface area contributed by atoms with Gasteiger partial charge in [0.1, 0.15) is 0 Å². The fourth-order valence-electron chi connectivity index (χ4n) is 0. The summed E-state index contributed by atoms with van der Waals surface area (Å²) >= 11 is 0. The van der Waals surface area contributed by atoms with Crippen LogP contribution in [0.1, 0.15) is 0 Å². The smallest absolute Gasteiger partial charge is 0 e. The predicted molar refractivity (Wildman–Crippen MR) is 33.4 cm³/mol. The summed E-state index contributed by atoms with van der Waals surface area (Å²) in [6.07, 6.45) is 0. The first-order valence-electron chi connectivity index (χ1n) is 0.730. The van der Waals surface area contributed by atoms with E-state index in [1.54, 1.807) is 0 Å². The molecule has 0 aliphatic rings. The second-order valence-corrected chi connectivity index (χ2v) is 0.149. The number of nitrogens with zero attached hydrogens (tertiary/aromatic N) is 2. The van der Waals surface area contributed by atoms with Crippen molar-refractivity contribution in [3.05, 3.63) is 20.2 Å². The van der Waals surface area contributed by atoms with Crippen LogP contribution >= 0.6 is 0 Å². The quantitative estimate of drug-likeness (QED) is 0.430. The largest absolute Gasteiger partial charge is 0.444 e. The molecule has 9 N–H and O–H groups in total. The molecule has 70 valence electrons. The van der Waals surface area contributed by atoms with Crippen LogP contribution in [-0.4, -0.2) is 0 Å². The third kappa shape index (κ3) is 749. The van der Waals surface area contributed by atoms with E-state index in [0.29, 0.717) is 0 Å². The minimum absolute atomic E-state index is 0. The zero-order chi connectivity index (χ0) is 5.41. The summed E-state index contributed by atoms with van der Waals surface area (Å²) in [4.78, 5) is 16.0. The van der Waals surface area contributed by atoms with Gasteiger partial charge in [-0.15, -0.1) is 10.7 Å². The molecule has 0 rings (SSSR count). The first kappa shape index (κ1) is 57.8. The van der Waals surface area contributed by atoms with Crippen molar-refractivity contribution in [1.29, 1.82) is 0 Å². The third-order valence-corrected chi connectivity index (χ3v) is 0. The van der Waals surface area contributed by atoms with Crippen LogP contribution in [0.5, 0.6) is 0 Å². The minimum atomic E-state index is 0. The molecule has 0 atom stereocenters. The van der Waals surface area contributed by atoms with Gasteiger partial charge in [0.05, 0.1) is 0 Å². The number of hydrogen-bond donors (Lipinski definition) is 3.